The topological polar surface area (TPSA) is 55.4 Å². The van der Waals surface area contributed by atoms with Crippen molar-refractivity contribution < 1.29 is 17.5 Å². The third-order valence-corrected chi connectivity index (χ3v) is 7.22. The largest absolute Gasteiger partial charge is 0.372 e. The molecule has 1 N–H and O–H groups in total. The molecular weight excluding hydrogens is 317 g/mol. The second-order valence-corrected chi connectivity index (χ2v) is 8.48. The van der Waals surface area contributed by atoms with Crippen molar-refractivity contribution in [1.82, 2.24) is 4.72 Å². The van der Waals surface area contributed by atoms with E-state index in [9.17, 15) is 12.8 Å². The van der Waals surface area contributed by atoms with Crippen LogP contribution in [0.2, 0.25) is 5.02 Å². The van der Waals surface area contributed by atoms with E-state index in [0.29, 0.717) is 18.9 Å². The Labute approximate surface area is 127 Å². The van der Waals surface area contributed by atoms with Gasteiger partial charge in [-0.2, -0.15) is 0 Å². The Bertz CT molecular complexity index is 695. The maximum absolute atomic E-state index is 13.1. The van der Waals surface area contributed by atoms with Crippen LogP contribution in [0.1, 0.15) is 18.4 Å². The minimum atomic E-state index is -3.16. The van der Waals surface area contributed by atoms with E-state index in [1.165, 1.54) is 6.07 Å². The number of benzene rings is 1. The lowest BCUT2D eigenvalue weighted by atomic mass is 9.93. The van der Waals surface area contributed by atoms with Gasteiger partial charge in [0.05, 0.1) is 29.0 Å². The predicted molar refractivity (Wildman–Crippen MR) is 75.8 cm³/mol. The molecule has 1 saturated heterocycles. The summed E-state index contributed by atoms with van der Waals surface area (Å²) >= 11 is 5.75. The standard InChI is InChI=1S/C14H15ClFNO3S/c15-10-3-7(1-2-11(10)16)6-20-14-8-4-9-12(5-8)21(18,19)17-13(9)14/h1-3,8-9,12-14,17H,4-6H2. The Morgan fingerprint density at radius 2 is 2.19 bits per heavy atom. The summed E-state index contributed by atoms with van der Waals surface area (Å²) in [6.07, 6.45) is 1.51. The molecule has 0 radical (unpaired) electrons. The van der Waals surface area contributed by atoms with Gasteiger partial charge in [-0.05, 0) is 42.4 Å². The SMILES string of the molecule is O=S1(=O)NC2C3CC(CC31)C2OCc1ccc(F)c(Cl)c1. The van der Waals surface area contributed by atoms with Crippen molar-refractivity contribution in [1.29, 1.82) is 0 Å². The first-order valence-corrected chi connectivity index (χ1v) is 8.95. The molecule has 2 bridgehead atoms. The Hall–Kier alpha value is -0.690. The van der Waals surface area contributed by atoms with Gasteiger partial charge in [-0.25, -0.2) is 17.5 Å². The van der Waals surface area contributed by atoms with Crippen LogP contribution in [0.3, 0.4) is 0 Å². The molecule has 7 heteroatoms. The van der Waals surface area contributed by atoms with Gasteiger partial charge in [-0.3, -0.25) is 0 Å². The lowest BCUT2D eigenvalue weighted by Gasteiger charge is -2.26. The van der Waals surface area contributed by atoms with E-state index in [2.05, 4.69) is 4.72 Å². The van der Waals surface area contributed by atoms with Gasteiger partial charge < -0.3 is 4.74 Å². The highest BCUT2D eigenvalue weighted by molar-refractivity contribution is 7.90. The quantitative estimate of drug-likeness (QED) is 0.922. The van der Waals surface area contributed by atoms with E-state index in [1.807, 2.05) is 0 Å². The third-order valence-electron chi connectivity index (χ3n) is 4.99. The number of ether oxygens (including phenoxy) is 1. The molecule has 4 rings (SSSR count). The Morgan fingerprint density at radius 3 is 2.95 bits per heavy atom. The molecule has 5 unspecified atom stereocenters. The van der Waals surface area contributed by atoms with E-state index in [1.54, 1.807) is 12.1 Å². The lowest BCUT2D eigenvalue weighted by molar-refractivity contribution is -0.00515. The zero-order valence-corrected chi connectivity index (χ0v) is 12.7. The Kier molecular flexibility index (Phi) is 3.09. The molecule has 3 fully saturated rings. The van der Waals surface area contributed by atoms with Gasteiger partial charge in [-0.15, -0.1) is 0 Å². The summed E-state index contributed by atoms with van der Waals surface area (Å²) in [6, 6.07) is 4.40. The molecule has 2 aliphatic carbocycles. The maximum atomic E-state index is 13.1. The molecule has 0 aromatic heterocycles. The summed E-state index contributed by atoms with van der Waals surface area (Å²) in [5.74, 6) is 0.0271. The number of hydrogen-bond acceptors (Lipinski definition) is 3. The second-order valence-electron chi connectivity index (χ2n) is 6.15. The van der Waals surface area contributed by atoms with Crippen LogP contribution in [0.5, 0.6) is 0 Å². The minimum absolute atomic E-state index is 0.0747. The van der Waals surface area contributed by atoms with E-state index in [-0.39, 0.29) is 28.3 Å². The average Bonchev–Trinajstić information content (AvgIpc) is 3.02. The van der Waals surface area contributed by atoms with Crippen molar-refractivity contribution in [2.45, 2.75) is 36.8 Å². The van der Waals surface area contributed by atoms with Crippen LogP contribution in [-0.4, -0.2) is 25.8 Å². The number of nitrogens with one attached hydrogen (secondary N) is 1. The van der Waals surface area contributed by atoms with Gasteiger partial charge in [0.25, 0.3) is 0 Å². The molecule has 1 aromatic carbocycles. The van der Waals surface area contributed by atoms with E-state index >= 15 is 0 Å². The first-order chi connectivity index (χ1) is 9.95. The molecule has 0 amide bonds. The number of halogens is 2. The zero-order chi connectivity index (χ0) is 14.8. The van der Waals surface area contributed by atoms with Crippen molar-refractivity contribution >= 4 is 21.6 Å². The van der Waals surface area contributed by atoms with Crippen LogP contribution < -0.4 is 4.72 Å². The summed E-state index contributed by atoms with van der Waals surface area (Å²) in [5.41, 5.74) is 0.793. The fourth-order valence-electron chi connectivity index (χ4n) is 4.10. The molecule has 5 atom stereocenters. The molecule has 1 aromatic rings. The van der Waals surface area contributed by atoms with E-state index in [0.717, 1.165) is 12.0 Å². The van der Waals surface area contributed by atoms with Gasteiger partial charge in [0.2, 0.25) is 10.0 Å². The highest BCUT2D eigenvalue weighted by Gasteiger charge is 2.62. The summed E-state index contributed by atoms with van der Waals surface area (Å²) in [4.78, 5) is 0. The van der Waals surface area contributed by atoms with Gasteiger partial charge in [-0.1, -0.05) is 17.7 Å². The highest BCUT2D eigenvalue weighted by atomic mass is 35.5. The summed E-state index contributed by atoms with van der Waals surface area (Å²) in [5, 5.41) is -0.154. The maximum Gasteiger partial charge on any atom is 0.215 e. The third kappa shape index (κ3) is 2.11. The van der Waals surface area contributed by atoms with Crippen LogP contribution in [0.4, 0.5) is 4.39 Å². The van der Waals surface area contributed by atoms with E-state index in [4.69, 9.17) is 16.3 Å². The summed E-state index contributed by atoms with van der Waals surface area (Å²) in [6.45, 7) is 0.316. The first kappa shape index (κ1) is 13.9. The van der Waals surface area contributed by atoms with Gasteiger partial charge in [0.1, 0.15) is 5.82 Å². The van der Waals surface area contributed by atoms with Gasteiger partial charge in [0.15, 0.2) is 0 Å². The molecular formula is C14H15ClFNO3S. The fourth-order valence-corrected chi connectivity index (χ4v) is 6.41. The van der Waals surface area contributed by atoms with Crippen LogP contribution >= 0.6 is 11.6 Å². The molecule has 114 valence electrons. The molecule has 1 heterocycles. The van der Waals surface area contributed by atoms with Crippen molar-refractivity contribution in [2.24, 2.45) is 11.8 Å². The zero-order valence-electron chi connectivity index (χ0n) is 11.1. The molecule has 3 aliphatic rings. The number of sulfonamides is 1. The van der Waals surface area contributed by atoms with Crippen molar-refractivity contribution in [3.63, 3.8) is 0 Å². The van der Waals surface area contributed by atoms with Crippen molar-refractivity contribution in [2.75, 3.05) is 0 Å². The minimum Gasteiger partial charge on any atom is -0.372 e. The van der Waals surface area contributed by atoms with E-state index < -0.39 is 15.8 Å². The fraction of sp³-hybridized carbons (Fsp3) is 0.571. The van der Waals surface area contributed by atoms with Crippen LogP contribution in [0.25, 0.3) is 0 Å². The van der Waals surface area contributed by atoms with Gasteiger partial charge >= 0.3 is 0 Å². The van der Waals surface area contributed by atoms with Gasteiger partial charge in [0, 0.05) is 0 Å². The molecule has 1 aliphatic heterocycles. The normalized spacial score (nSPS) is 39.0. The number of fused-ring (bicyclic) bond motifs is 1. The lowest BCUT2D eigenvalue weighted by Crippen LogP contribution is -2.40. The second kappa shape index (κ2) is 4.65. The smallest absolute Gasteiger partial charge is 0.215 e. The highest BCUT2D eigenvalue weighted by Crippen LogP contribution is 2.52. The first-order valence-electron chi connectivity index (χ1n) is 7.02. The summed E-state index contributed by atoms with van der Waals surface area (Å²) < 4.78 is 45.7. The predicted octanol–water partition coefficient (Wildman–Crippen LogP) is 2.07. The van der Waals surface area contributed by atoms with Crippen LogP contribution in [0, 0.1) is 17.7 Å². The van der Waals surface area contributed by atoms with Crippen molar-refractivity contribution in [3.05, 3.63) is 34.6 Å². The molecule has 4 nitrogen and oxygen atoms in total. The number of rotatable bonds is 3. The molecule has 0 spiro atoms. The Morgan fingerprint density at radius 1 is 1.38 bits per heavy atom. The molecule has 2 saturated carbocycles. The summed E-state index contributed by atoms with van der Waals surface area (Å²) in [7, 11) is -3.16. The average molecular weight is 332 g/mol. The Balaban J connectivity index is 1.48. The van der Waals surface area contributed by atoms with Crippen LogP contribution in [0.15, 0.2) is 18.2 Å². The molecule has 21 heavy (non-hydrogen) atoms. The number of hydrogen-bond donors (Lipinski definition) is 1. The van der Waals surface area contributed by atoms with Crippen molar-refractivity contribution in [3.8, 4) is 0 Å². The monoisotopic (exact) mass is 331 g/mol. The van der Waals surface area contributed by atoms with Crippen LogP contribution in [-0.2, 0) is 21.4 Å².